The first-order valence-corrected chi connectivity index (χ1v) is 13.1. The van der Waals surface area contributed by atoms with Crippen molar-refractivity contribution in [1.82, 2.24) is 19.6 Å². The molecule has 0 saturated carbocycles. The van der Waals surface area contributed by atoms with Crippen molar-refractivity contribution in [1.29, 1.82) is 0 Å². The third-order valence-corrected chi connectivity index (χ3v) is 7.61. The number of benzene rings is 1. The normalized spacial score (nSPS) is 14.8. The molecule has 1 aromatic carbocycles. The van der Waals surface area contributed by atoms with E-state index in [0.717, 1.165) is 0 Å². The largest absolute Gasteiger partial charge is 0.465 e. The highest BCUT2D eigenvalue weighted by molar-refractivity contribution is 7.89. The fourth-order valence-corrected chi connectivity index (χ4v) is 5.17. The van der Waals surface area contributed by atoms with Gasteiger partial charge in [0.05, 0.1) is 11.2 Å². The van der Waals surface area contributed by atoms with E-state index in [2.05, 4.69) is 24.9 Å². The van der Waals surface area contributed by atoms with Gasteiger partial charge < -0.3 is 29.4 Å². The maximum absolute atomic E-state index is 12.5. The Morgan fingerprint density at radius 1 is 1.22 bits per heavy atom. The highest BCUT2D eigenvalue weighted by Crippen LogP contribution is 2.30. The van der Waals surface area contributed by atoms with E-state index in [1.54, 1.807) is 38.6 Å². The fraction of sp³-hybridized carbons (Fsp3) is 0.435. The quantitative estimate of drug-likeness (QED) is 0.342. The molecule has 0 spiro atoms. The van der Waals surface area contributed by atoms with Crippen LogP contribution in [0.2, 0.25) is 0 Å². The van der Waals surface area contributed by atoms with Crippen LogP contribution in [-0.4, -0.2) is 80.9 Å². The minimum atomic E-state index is -3.61. The number of carbonyl (C=O) groups is 1. The van der Waals surface area contributed by atoms with Gasteiger partial charge in [-0.2, -0.15) is 4.98 Å². The van der Waals surface area contributed by atoms with E-state index in [1.807, 2.05) is 0 Å². The number of methoxy groups -OCH3 is 1. The Bertz CT molecular complexity index is 1290. The van der Waals surface area contributed by atoms with E-state index in [-0.39, 0.29) is 10.9 Å². The second-order valence-electron chi connectivity index (χ2n) is 8.51. The lowest BCUT2D eigenvalue weighted by Gasteiger charge is -2.36. The number of aromatic nitrogens is 2. The lowest BCUT2D eigenvalue weighted by molar-refractivity contribution is 0.131. The number of fused-ring (bicyclic) bond motifs is 1. The standard InChI is InChI=1S/C23H30N6O6S/c1-28(23(30)31)17-8-12-29(13-9-17)21-20-19(10-15-35-20)26-22(27-21)25-16-4-6-18(7-5-16)36(32,33)24-11-3-14-34-2/h4-7,10,15,17,24H,3,8-9,11-14H2,1-2H3,(H,30,31)(H,25,26,27). The van der Waals surface area contributed by atoms with Gasteiger partial charge in [0, 0.05) is 58.2 Å². The first kappa shape index (κ1) is 25.7. The van der Waals surface area contributed by atoms with Crippen LogP contribution in [0, 0.1) is 0 Å². The zero-order chi connectivity index (χ0) is 25.7. The Kier molecular flexibility index (Phi) is 7.91. The summed E-state index contributed by atoms with van der Waals surface area (Å²) in [6.45, 7) is 2.02. The SMILES string of the molecule is COCCCNS(=O)(=O)c1ccc(Nc2nc(N3CCC(N(C)C(=O)O)CC3)c3occc3n2)cc1. The number of nitrogens with zero attached hydrogens (tertiary/aromatic N) is 4. The van der Waals surface area contributed by atoms with Crippen LogP contribution in [0.5, 0.6) is 0 Å². The van der Waals surface area contributed by atoms with E-state index >= 15 is 0 Å². The van der Waals surface area contributed by atoms with Crippen molar-refractivity contribution < 1.29 is 27.5 Å². The van der Waals surface area contributed by atoms with Gasteiger partial charge in [-0.3, -0.25) is 0 Å². The van der Waals surface area contributed by atoms with Crippen LogP contribution in [0.15, 0.2) is 45.9 Å². The summed E-state index contributed by atoms with van der Waals surface area (Å²) in [5.41, 5.74) is 1.82. The number of ether oxygens (including phenoxy) is 1. The van der Waals surface area contributed by atoms with Crippen LogP contribution in [0.25, 0.3) is 11.1 Å². The van der Waals surface area contributed by atoms with Crippen LogP contribution >= 0.6 is 0 Å². The van der Waals surface area contributed by atoms with Gasteiger partial charge in [0.25, 0.3) is 0 Å². The van der Waals surface area contributed by atoms with Gasteiger partial charge in [0.1, 0.15) is 5.52 Å². The van der Waals surface area contributed by atoms with Gasteiger partial charge >= 0.3 is 6.09 Å². The summed E-state index contributed by atoms with van der Waals surface area (Å²) < 4.78 is 38.0. The molecule has 1 amide bonds. The number of rotatable bonds is 10. The van der Waals surface area contributed by atoms with Crippen LogP contribution in [0.4, 0.5) is 22.2 Å². The van der Waals surface area contributed by atoms with Crippen LogP contribution in [0.1, 0.15) is 19.3 Å². The molecule has 0 radical (unpaired) electrons. The molecule has 2 aromatic heterocycles. The summed E-state index contributed by atoms with van der Waals surface area (Å²) in [4.78, 5) is 24.0. The Labute approximate surface area is 209 Å². The summed E-state index contributed by atoms with van der Waals surface area (Å²) in [6, 6.07) is 8.04. The van der Waals surface area contributed by atoms with Gasteiger partial charge in [-0.25, -0.2) is 22.9 Å². The molecule has 3 heterocycles. The van der Waals surface area contributed by atoms with Crippen molar-refractivity contribution >= 4 is 44.7 Å². The molecule has 1 saturated heterocycles. The van der Waals surface area contributed by atoms with Crippen LogP contribution in [0.3, 0.4) is 0 Å². The minimum absolute atomic E-state index is 0.0467. The third kappa shape index (κ3) is 5.86. The van der Waals surface area contributed by atoms with Gasteiger partial charge in [-0.1, -0.05) is 0 Å². The monoisotopic (exact) mass is 518 g/mol. The number of nitrogens with one attached hydrogen (secondary N) is 2. The number of sulfonamides is 1. The molecule has 0 atom stereocenters. The number of furan rings is 1. The average Bonchev–Trinajstić information content (AvgIpc) is 3.35. The van der Waals surface area contributed by atoms with Crippen molar-refractivity contribution in [2.45, 2.75) is 30.2 Å². The maximum Gasteiger partial charge on any atom is 0.407 e. The van der Waals surface area contributed by atoms with E-state index in [9.17, 15) is 18.3 Å². The van der Waals surface area contributed by atoms with Gasteiger partial charge in [0.15, 0.2) is 11.4 Å². The van der Waals surface area contributed by atoms with Gasteiger partial charge in [0.2, 0.25) is 16.0 Å². The van der Waals surface area contributed by atoms with Crippen LogP contribution in [-0.2, 0) is 14.8 Å². The summed E-state index contributed by atoms with van der Waals surface area (Å²) in [5, 5.41) is 12.4. The first-order chi connectivity index (χ1) is 17.3. The Balaban J connectivity index is 1.47. The number of anilines is 3. The summed E-state index contributed by atoms with van der Waals surface area (Å²) >= 11 is 0. The first-order valence-electron chi connectivity index (χ1n) is 11.6. The van der Waals surface area contributed by atoms with E-state index < -0.39 is 16.1 Å². The van der Waals surface area contributed by atoms with E-state index in [4.69, 9.17) is 9.15 Å². The molecule has 4 rings (SSSR count). The molecule has 13 heteroatoms. The molecule has 12 nitrogen and oxygen atoms in total. The summed E-state index contributed by atoms with van der Waals surface area (Å²) in [5.74, 6) is 0.973. The third-order valence-electron chi connectivity index (χ3n) is 6.14. The molecule has 3 aromatic rings. The number of hydrogen-bond acceptors (Lipinski definition) is 9. The van der Waals surface area contributed by atoms with Crippen LogP contribution < -0.4 is 14.9 Å². The van der Waals surface area contributed by atoms with Crippen molar-refractivity contribution in [2.24, 2.45) is 0 Å². The summed E-state index contributed by atoms with van der Waals surface area (Å²) in [6.07, 6.45) is 2.55. The molecule has 0 bridgehead atoms. The molecule has 0 aliphatic carbocycles. The van der Waals surface area contributed by atoms with Gasteiger partial charge in [-0.15, -0.1) is 0 Å². The predicted octanol–water partition coefficient (Wildman–Crippen LogP) is 2.86. The molecule has 1 aliphatic rings. The molecule has 194 valence electrons. The van der Waals surface area contributed by atoms with Crippen molar-refractivity contribution in [3.05, 3.63) is 36.6 Å². The predicted molar refractivity (Wildman–Crippen MR) is 134 cm³/mol. The highest BCUT2D eigenvalue weighted by atomic mass is 32.2. The molecule has 0 unspecified atom stereocenters. The highest BCUT2D eigenvalue weighted by Gasteiger charge is 2.27. The Morgan fingerprint density at radius 2 is 1.94 bits per heavy atom. The van der Waals surface area contributed by atoms with Crippen molar-refractivity contribution in [3.63, 3.8) is 0 Å². The average molecular weight is 519 g/mol. The second kappa shape index (κ2) is 11.1. The molecule has 1 aliphatic heterocycles. The smallest absolute Gasteiger partial charge is 0.407 e. The number of carboxylic acid groups (broad SMARTS) is 1. The molecular weight excluding hydrogens is 488 g/mol. The lowest BCUT2D eigenvalue weighted by atomic mass is 10.0. The zero-order valence-electron chi connectivity index (χ0n) is 20.2. The topological polar surface area (TPSA) is 150 Å². The van der Waals surface area contributed by atoms with Crippen molar-refractivity contribution in [3.8, 4) is 0 Å². The maximum atomic E-state index is 12.5. The van der Waals surface area contributed by atoms with E-state index in [0.29, 0.717) is 74.1 Å². The molecular formula is C23H30N6O6S. The molecule has 36 heavy (non-hydrogen) atoms. The summed E-state index contributed by atoms with van der Waals surface area (Å²) in [7, 11) is -0.452. The minimum Gasteiger partial charge on any atom is -0.465 e. The van der Waals surface area contributed by atoms with Gasteiger partial charge in [-0.05, 0) is 43.5 Å². The molecule has 1 fully saturated rings. The Hall–Kier alpha value is -3.42. The Morgan fingerprint density at radius 3 is 2.61 bits per heavy atom. The molecule has 3 N–H and O–H groups in total. The number of piperidine rings is 1. The number of hydrogen-bond donors (Lipinski definition) is 3. The van der Waals surface area contributed by atoms with E-state index in [1.165, 1.54) is 17.0 Å². The lowest BCUT2D eigenvalue weighted by Crippen LogP contribution is -2.45. The number of amides is 1. The zero-order valence-corrected chi connectivity index (χ0v) is 21.0. The fourth-order valence-electron chi connectivity index (χ4n) is 4.09. The van der Waals surface area contributed by atoms with Crippen molar-refractivity contribution in [2.75, 3.05) is 50.6 Å². The second-order valence-corrected chi connectivity index (χ2v) is 10.3.